The van der Waals surface area contributed by atoms with Crippen molar-refractivity contribution in [1.29, 1.82) is 0 Å². The summed E-state index contributed by atoms with van der Waals surface area (Å²) in [4.78, 5) is 16.7. The van der Waals surface area contributed by atoms with E-state index >= 15 is 0 Å². The maximum absolute atomic E-state index is 12.5. The maximum Gasteiger partial charge on any atom is 0.291 e. The van der Waals surface area contributed by atoms with Crippen LogP contribution in [-0.2, 0) is 0 Å². The third kappa shape index (κ3) is 4.44. The number of nitrogens with zero attached hydrogens (tertiary/aromatic N) is 3. The van der Waals surface area contributed by atoms with Gasteiger partial charge in [0.05, 0.1) is 15.6 Å². The molecular formula is C16H22Cl3N5O. The summed E-state index contributed by atoms with van der Waals surface area (Å²) in [7, 11) is 0. The molecular weight excluding hydrogens is 385 g/mol. The highest BCUT2D eigenvalue weighted by atomic mass is 35.5. The van der Waals surface area contributed by atoms with Crippen LogP contribution in [-0.4, -0.2) is 32.8 Å². The molecule has 2 aromatic rings. The molecule has 3 N–H and O–H groups in total. The van der Waals surface area contributed by atoms with E-state index in [1.165, 1.54) is 4.68 Å². The molecule has 0 aliphatic rings. The molecule has 0 aliphatic heterocycles. The van der Waals surface area contributed by atoms with Gasteiger partial charge in [0.15, 0.2) is 0 Å². The Hall–Kier alpha value is -1.34. The molecule has 9 heteroatoms. The molecule has 0 aliphatic carbocycles. The Bertz CT molecular complexity index is 742. The third-order valence-electron chi connectivity index (χ3n) is 4.22. The van der Waals surface area contributed by atoms with E-state index in [0.29, 0.717) is 28.1 Å². The number of rotatable bonds is 5. The summed E-state index contributed by atoms with van der Waals surface area (Å²) < 4.78 is 1.47. The van der Waals surface area contributed by atoms with Crippen LogP contribution in [0.2, 0.25) is 10.0 Å². The summed E-state index contributed by atoms with van der Waals surface area (Å²) >= 11 is 12.4. The molecule has 1 unspecified atom stereocenters. The van der Waals surface area contributed by atoms with Gasteiger partial charge >= 0.3 is 0 Å². The molecule has 0 radical (unpaired) electrons. The van der Waals surface area contributed by atoms with Crippen molar-refractivity contribution >= 4 is 41.5 Å². The van der Waals surface area contributed by atoms with Crippen LogP contribution in [0.3, 0.4) is 0 Å². The van der Waals surface area contributed by atoms with Crippen LogP contribution in [0.4, 0.5) is 0 Å². The van der Waals surface area contributed by atoms with Crippen LogP contribution < -0.4 is 11.1 Å². The Morgan fingerprint density at radius 2 is 1.92 bits per heavy atom. The van der Waals surface area contributed by atoms with Gasteiger partial charge in [-0.2, -0.15) is 0 Å². The first-order chi connectivity index (χ1) is 11.2. The second-order valence-electron chi connectivity index (χ2n) is 6.20. The van der Waals surface area contributed by atoms with Gasteiger partial charge in [-0.15, -0.1) is 17.5 Å². The van der Waals surface area contributed by atoms with E-state index in [9.17, 15) is 4.79 Å². The minimum Gasteiger partial charge on any atom is -0.343 e. The number of carbonyl (C=O) groups excluding carboxylic acids is 1. The molecule has 1 heterocycles. The number of benzene rings is 1. The number of aryl methyl sites for hydroxylation is 1. The Labute approximate surface area is 163 Å². The number of halogens is 3. The molecule has 1 atom stereocenters. The Morgan fingerprint density at radius 1 is 1.36 bits per heavy atom. The van der Waals surface area contributed by atoms with E-state index in [0.717, 1.165) is 0 Å². The van der Waals surface area contributed by atoms with Gasteiger partial charge in [-0.3, -0.25) is 4.79 Å². The van der Waals surface area contributed by atoms with E-state index in [4.69, 9.17) is 28.9 Å². The topological polar surface area (TPSA) is 85.8 Å². The van der Waals surface area contributed by atoms with Crippen molar-refractivity contribution in [3.05, 3.63) is 39.9 Å². The highest BCUT2D eigenvalue weighted by Crippen LogP contribution is 2.28. The molecule has 0 fully saturated rings. The normalized spacial score (nSPS) is 13.3. The average molecular weight is 407 g/mol. The summed E-state index contributed by atoms with van der Waals surface area (Å²) in [5, 5.41) is 8.03. The van der Waals surface area contributed by atoms with Gasteiger partial charge in [0, 0.05) is 6.54 Å². The third-order valence-corrected chi connectivity index (χ3v) is 4.83. The maximum atomic E-state index is 12.5. The molecule has 1 aromatic carbocycles. The molecule has 1 aromatic heterocycles. The molecule has 25 heavy (non-hydrogen) atoms. The van der Waals surface area contributed by atoms with E-state index in [1.54, 1.807) is 25.1 Å². The van der Waals surface area contributed by atoms with Crippen molar-refractivity contribution in [2.75, 3.05) is 6.54 Å². The first-order valence-corrected chi connectivity index (χ1v) is 8.36. The lowest BCUT2D eigenvalue weighted by atomic mass is 9.88. The summed E-state index contributed by atoms with van der Waals surface area (Å²) in [6, 6.07) is 5.14. The van der Waals surface area contributed by atoms with Gasteiger partial charge in [0.2, 0.25) is 5.82 Å². The minimum atomic E-state index is -0.543. The zero-order chi connectivity index (χ0) is 18.1. The molecule has 2 rings (SSSR count). The average Bonchev–Trinajstić information content (AvgIpc) is 2.89. The quantitative estimate of drug-likeness (QED) is 0.796. The lowest BCUT2D eigenvalue weighted by Crippen LogP contribution is -2.55. The number of nitrogens with one attached hydrogen (secondary N) is 1. The van der Waals surface area contributed by atoms with Crippen molar-refractivity contribution in [3.63, 3.8) is 0 Å². The van der Waals surface area contributed by atoms with Crippen LogP contribution >= 0.6 is 35.6 Å². The molecule has 0 spiro atoms. The van der Waals surface area contributed by atoms with Gasteiger partial charge in [-0.1, -0.05) is 43.1 Å². The number of hydrogen-bond donors (Lipinski definition) is 2. The van der Waals surface area contributed by atoms with Crippen molar-refractivity contribution in [1.82, 2.24) is 20.1 Å². The Balaban J connectivity index is 0.00000312. The predicted octanol–water partition coefficient (Wildman–Crippen LogP) is 3.41. The van der Waals surface area contributed by atoms with Crippen LogP contribution in [0.1, 0.15) is 37.2 Å². The van der Waals surface area contributed by atoms with E-state index in [-0.39, 0.29) is 30.1 Å². The summed E-state index contributed by atoms with van der Waals surface area (Å²) in [5.41, 5.74) is 5.76. The van der Waals surface area contributed by atoms with Crippen molar-refractivity contribution in [2.24, 2.45) is 11.7 Å². The molecule has 0 saturated carbocycles. The monoisotopic (exact) mass is 405 g/mol. The zero-order valence-electron chi connectivity index (χ0n) is 14.5. The predicted molar refractivity (Wildman–Crippen MR) is 103 cm³/mol. The van der Waals surface area contributed by atoms with Crippen LogP contribution in [0.25, 0.3) is 5.69 Å². The van der Waals surface area contributed by atoms with Crippen LogP contribution in [0.5, 0.6) is 0 Å². The van der Waals surface area contributed by atoms with Crippen molar-refractivity contribution < 1.29 is 4.79 Å². The smallest absolute Gasteiger partial charge is 0.291 e. The lowest BCUT2D eigenvalue weighted by molar-refractivity contribution is 0.0872. The van der Waals surface area contributed by atoms with Crippen LogP contribution in [0, 0.1) is 12.8 Å². The first-order valence-electron chi connectivity index (χ1n) is 7.60. The highest BCUT2D eigenvalue weighted by molar-refractivity contribution is 6.37. The fraction of sp³-hybridized carbons (Fsp3) is 0.438. The number of nitrogens with two attached hydrogens (primary N) is 1. The summed E-state index contributed by atoms with van der Waals surface area (Å²) in [5.74, 6) is 0.326. The van der Waals surface area contributed by atoms with Gasteiger partial charge in [0.25, 0.3) is 5.91 Å². The number of para-hydroxylation sites is 1. The SMILES string of the molecule is Cc1nc(C(=O)NC(C)(CN)C(C)C)nn1-c1c(Cl)cccc1Cl.Cl. The second kappa shape index (κ2) is 8.36. The van der Waals surface area contributed by atoms with Gasteiger partial charge < -0.3 is 11.1 Å². The number of amides is 1. The van der Waals surface area contributed by atoms with Gasteiger partial charge in [-0.25, -0.2) is 9.67 Å². The fourth-order valence-corrected chi connectivity index (χ4v) is 2.69. The largest absolute Gasteiger partial charge is 0.343 e. The minimum absolute atomic E-state index is 0. The molecule has 0 saturated heterocycles. The van der Waals surface area contributed by atoms with Crippen molar-refractivity contribution in [3.8, 4) is 5.69 Å². The zero-order valence-corrected chi connectivity index (χ0v) is 16.8. The first kappa shape index (κ1) is 21.7. The van der Waals surface area contributed by atoms with E-state index in [1.807, 2.05) is 20.8 Å². The molecule has 0 bridgehead atoms. The standard InChI is InChI=1S/C16H21Cl2N5O.ClH/c1-9(2)16(4,8-19)21-15(24)14-20-10(3)23(22-14)13-11(17)6-5-7-12(13)18;/h5-7,9H,8,19H2,1-4H3,(H,21,24);1H. The van der Waals surface area contributed by atoms with E-state index < -0.39 is 5.54 Å². The number of hydrogen-bond acceptors (Lipinski definition) is 4. The summed E-state index contributed by atoms with van der Waals surface area (Å²) in [6.45, 7) is 7.92. The fourth-order valence-electron chi connectivity index (χ4n) is 2.14. The Kier molecular flexibility index (Phi) is 7.26. The van der Waals surface area contributed by atoms with Crippen molar-refractivity contribution in [2.45, 2.75) is 33.2 Å². The lowest BCUT2D eigenvalue weighted by Gasteiger charge is -2.33. The Morgan fingerprint density at radius 3 is 2.40 bits per heavy atom. The highest BCUT2D eigenvalue weighted by Gasteiger charge is 2.30. The second-order valence-corrected chi connectivity index (χ2v) is 7.01. The number of aromatic nitrogens is 3. The summed E-state index contributed by atoms with van der Waals surface area (Å²) in [6.07, 6.45) is 0. The molecule has 6 nitrogen and oxygen atoms in total. The number of carbonyl (C=O) groups is 1. The molecule has 1 amide bonds. The van der Waals surface area contributed by atoms with Gasteiger partial charge in [0.1, 0.15) is 11.5 Å². The van der Waals surface area contributed by atoms with Crippen LogP contribution in [0.15, 0.2) is 18.2 Å². The van der Waals surface area contributed by atoms with Gasteiger partial charge in [-0.05, 0) is 31.9 Å². The van der Waals surface area contributed by atoms with E-state index in [2.05, 4.69) is 15.4 Å². The molecule has 138 valence electrons.